The minimum Gasteiger partial charge on any atom is -0.481 e. The van der Waals surface area contributed by atoms with Gasteiger partial charge in [0.25, 0.3) is 0 Å². The molecule has 0 amide bonds. The molecule has 7 nitrogen and oxygen atoms in total. The normalized spacial score (nSPS) is 9.95. The van der Waals surface area contributed by atoms with Crippen LogP contribution in [0.25, 0.3) is 0 Å². The number of nitro groups is 1. The minimum atomic E-state index is -0.513. The van der Waals surface area contributed by atoms with Crippen LogP contribution in [0.15, 0.2) is 36.4 Å². The largest absolute Gasteiger partial charge is 0.481 e. The molecule has 0 aliphatic heterocycles. The molecule has 0 spiro atoms. The topological polar surface area (TPSA) is 103 Å². The predicted octanol–water partition coefficient (Wildman–Crippen LogP) is 2.32. The Balaban J connectivity index is 2.39. The van der Waals surface area contributed by atoms with Crippen LogP contribution in [0.4, 0.5) is 22.9 Å². The van der Waals surface area contributed by atoms with Gasteiger partial charge in [-0.05, 0) is 18.2 Å². The first kappa shape index (κ1) is 12.6. The van der Waals surface area contributed by atoms with Crippen LogP contribution >= 0.6 is 0 Å². The van der Waals surface area contributed by atoms with Gasteiger partial charge in [-0.3, -0.25) is 10.1 Å². The van der Waals surface area contributed by atoms with Gasteiger partial charge >= 0.3 is 5.69 Å². The molecule has 98 valence electrons. The fourth-order valence-electron chi connectivity index (χ4n) is 1.54. The van der Waals surface area contributed by atoms with E-state index in [1.807, 2.05) is 0 Å². The van der Waals surface area contributed by atoms with Crippen molar-refractivity contribution in [1.29, 1.82) is 0 Å². The average Bonchev–Trinajstić information content (AvgIpc) is 2.38. The smallest absolute Gasteiger partial charge is 0.311 e. The van der Waals surface area contributed by atoms with Crippen molar-refractivity contribution < 1.29 is 9.66 Å². The molecule has 0 fully saturated rings. The molecule has 3 N–H and O–H groups in total. The summed E-state index contributed by atoms with van der Waals surface area (Å²) in [4.78, 5) is 14.4. The van der Waals surface area contributed by atoms with Gasteiger partial charge in [0.2, 0.25) is 11.7 Å². The number of methoxy groups -OCH3 is 1. The number of pyridine rings is 1. The number of nitrogens with zero attached hydrogens (tertiary/aromatic N) is 2. The first-order chi connectivity index (χ1) is 9.10. The van der Waals surface area contributed by atoms with Crippen molar-refractivity contribution in [3.8, 4) is 5.88 Å². The molecular formula is C12H12N4O3. The monoisotopic (exact) mass is 260 g/mol. The van der Waals surface area contributed by atoms with Gasteiger partial charge in [0.1, 0.15) is 0 Å². The SMILES string of the molecule is COc1ccc([N+](=O)[O-])c(Nc2cccc(N)c2)n1. The lowest BCUT2D eigenvalue weighted by Crippen LogP contribution is -2.01. The third-order valence-corrected chi connectivity index (χ3v) is 2.40. The third-order valence-electron chi connectivity index (χ3n) is 2.40. The van der Waals surface area contributed by atoms with Crippen LogP contribution < -0.4 is 15.8 Å². The van der Waals surface area contributed by atoms with Crippen LogP contribution in [0.2, 0.25) is 0 Å². The zero-order valence-corrected chi connectivity index (χ0v) is 10.2. The van der Waals surface area contributed by atoms with E-state index < -0.39 is 4.92 Å². The van der Waals surface area contributed by atoms with Crippen LogP contribution in [0.3, 0.4) is 0 Å². The first-order valence-electron chi connectivity index (χ1n) is 5.42. The van der Waals surface area contributed by atoms with E-state index in [2.05, 4.69) is 10.3 Å². The highest BCUT2D eigenvalue weighted by atomic mass is 16.6. The zero-order chi connectivity index (χ0) is 13.8. The lowest BCUT2D eigenvalue weighted by atomic mass is 10.3. The minimum absolute atomic E-state index is 0.106. The summed E-state index contributed by atoms with van der Waals surface area (Å²) in [6.45, 7) is 0. The molecule has 1 aromatic heterocycles. The van der Waals surface area contributed by atoms with E-state index in [1.165, 1.54) is 19.2 Å². The standard InChI is InChI=1S/C12H12N4O3/c1-19-11-6-5-10(16(17)18)12(15-11)14-9-4-2-3-8(13)7-9/h2-7H,13H2,1H3,(H,14,15). The fraction of sp³-hybridized carbons (Fsp3) is 0.0833. The van der Waals surface area contributed by atoms with Crippen LogP contribution in [0.5, 0.6) is 5.88 Å². The highest BCUT2D eigenvalue weighted by Gasteiger charge is 2.16. The van der Waals surface area contributed by atoms with E-state index in [1.54, 1.807) is 24.3 Å². The number of hydrogen-bond acceptors (Lipinski definition) is 6. The Kier molecular flexibility index (Phi) is 3.46. The molecule has 0 bridgehead atoms. The van der Waals surface area contributed by atoms with Crippen molar-refractivity contribution in [2.75, 3.05) is 18.2 Å². The maximum Gasteiger partial charge on any atom is 0.311 e. The Morgan fingerprint density at radius 3 is 2.79 bits per heavy atom. The zero-order valence-electron chi connectivity index (χ0n) is 10.2. The molecule has 0 aliphatic rings. The van der Waals surface area contributed by atoms with E-state index in [9.17, 15) is 10.1 Å². The van der Waals surface area contributed by atoms with Gasteiger partial charge in [-0.25, -0.2) is 0 Å². The van der Waals surface area contributed by atoms with E-state index >= 15 is 0 Å². The van der Waals surface area contributed by atoms with E-state index in [0.29, 0.717) is 11.4 Å². The van der Waals surface area contributed by atoms with Gasteiger partial charge in [0.05, 0.1) is 12.0 Å². The van der Waals surface area contributed by atoms with Gasteiger partial charge in [-0.2, -0.15) is 4.98 Å². The molecule has 0 aliphatic carbocycles. The number of ether oxygens (including phenoxy) is 1. The van der Waals surface area contributed by atoms with Gasteiger partial charge < -0.3 is 15.8 Å². The Labute approximate surface area is 109 Å². The van der Waals surface area contributed by atoms with E-state index in [0.717, 1.165) is 0 Å². The van der Waals surface area contributed by atoms with Crippen LogP contribution in [-0.4, -0.2) is 17.0 Å². The van der Waals surface area contributed by atoms with Crippen molar-refractivity contribution in [2.45, 2.75) is 0 Å². The molecule has 0 radical (unpaired) electrons. The quantitative estimate of drug-likeness (QED) is 0.496. The fourth-order valence-corrected chi connectivity index (χ4v) is 1.54. The number of aromatic nitrogens is 1. The summed E-state index contributed by atoms with van der Waals surface area (Å²) in [5.41, 5.74) is 6.68. The number of rotatable bonds is 4. The Morgan fingerprint density at radius 2 is 2.16 bits per heavy atom. The second kappa shape index (κ2) is 5.21. The number of nitrogen functional groups attached to an aromatic ring is 1. The summed E-state index contributed by atoms with van der Waals surface area (Å²) in [5, 5.41) is 13.8. The second-order valence-electron chi connectivity index (χ2n) is 3.73. The molecule has 7 heteroatoms. The molecular weight excluding hydrogens is 248 g/mol. The molecule has 0 atom stereocenters. The lowest BCUT2D eigenvalue weighted by Gasteiger charge is -2.08. The Bertz CT molecular complexity index is 616. The Morgan fingerprint density at radius 1 is 1.37 bits per heavy atom. The van der Waals surface area contributed by atoms with Gasteiger partial charge in [-0.1, -0.05) is 6.07 Å². The highest BCUT2D eigenvalue weighted by molar-refractivity contribution is 5.68. The van der Waals surface area contributed by atoms with E-state index in [4.69, 9.17) is 10.5 Å². The molecule has 1 heterocycles. The van der Waals surface area contributed by atoms with Crippen molar-refractivity contribution in [3.05, 3.63) is 46.5 Å². The van der Waals surface area contributed by atoms with Crippen molar-refractivity contribution in [3.63, 3.8) is 0 Å². The molecule has 0 unspecified atom stereocenters. The highest BCUT2D eigenvalue weighted by Crippen LogP contribution is 2.28. The first-order valence-corrected chi connectivity index (χ1v) is 5.42. The molecule has 19 heavy (non-hydrogen) atoms. The summed E-state index contributed by atoms with van der Waals surface area (Å²) >= 11 is 0. The maximum absolute atomic E-state index is 10.9. The molecule has 0 saturated carbocycles. The number of anilines is 3. The molecule has 0 saturated heterocycles. The van der Waals surface area contributed by atoms with Crippen molar-refractivity contribution in [2.24, 2.45) is 0 Å². The molecule has 1 aromatic carbocycles. The van der Waals surface area contributed by atoms with Gasteiger partial charge in [0.15, 0.2) is 0 Å². The summed E-state index contributed by atoms with van der Waals surface area (Å²) in [5.74, 6) is 0.395. The number of nitrogens with two attached hydrogens (primary N) is 1. The second-order valence-corrected chi connectivity index (χ2v) is 3.73. The molecule has 2 aromatic rings. The van der Waals surface area contributed by atoms with Crippen molar-refractivity contribution in [1.82, 2.24) is 4.98 Å². The predicted molar refractivity (Wildman–Crippen MR) is 71.6 cm³/mol. The van der Waals surface area contributed by atoms with Gasteiger partial charge in [0, 0.05) is 23.5 Å². The lowest BCUT2D eigenvalue weighted by molar-refractivity contribution is -0.384. The summed E-state index contributed by atoms with van der Waals surface area (Å²) in [6, 6.07) is 9.62. The van der Waals surface area contributed by atoms with E-state index in [-0.39, 0.29) is 17.4 Å². The Hall–Kier alpha value is -2.83. The number of hydrogen-bond donors (Lipinski definition) is 2. The van der Waals surface area contributed by atoms with Crippen molar-refractivity contribution >= 4 is 22.9 Å². The van der Waals surface area contributed by atoms with Crippen LogP contribution in [0.1, 0.15) is 0 Å². The number of nitrogens with one attached hydrogen (secondary N) is 1. The summed E-state index contributed by atoms with van der Waals surface area (Å²) in [6.07, 6.45) is 0. The average molecular weight is 260 g/mol. The molecule has 2 rings (SSSR count). The third kappa shape index (κ3) is 2.89. The summed E-state index contributed by atoms with van der Waals surface area (Å²) in [7, 11) is 1.44. The summed E-state index contributed by atoms with van der Waals surface area (Å²) < 4.78 is 4.95. The van der Waals surface area contributed by atoms with Gasteiger partial charge in [-0.15, -0.1) is 0 Å². The van der Waals surface area contributed by atoms with Crippen LogP contribution in [-0.2, 0) is 0 Å². The number of benzene rings is 1. The van der Waals surface area contributed by atoms with Crippen LogP contribution in [0, 0.1) is 10.1 Å². The maximum atomic E-state index is 10.9.